The molecule has 11 nitrogen and oxygen atoms in total. The molecule has 124 valence electrons. The molecule has 4 rings (SSSR count). The number of aliphatic hydroxyl groups is 1. The fraction of sp³-hybridized carbons (Fsp3) is 0.545. The molecule has 0 aromatic carbocycles. The Morgan fingerprint density at radius 2 is 2.30 bits per heavy atom. The second kappa shape index (κ2) is 5.20. The predicted octanol–water partition coefficient (Wildman–Crippen LogP) is -0.590. The third kappa shape index (κ3) is 2.24. The van der Waals surface area contributed by atoms with Gasteiger partial charge in [-0.15, -0.1) is 0 Å². The maximum Gasteiger partial charge on any atom is 0.405 e. The molecule has 2 fully saturated rings. The van der Waals surface area contributed by atoms with Gasteiger partial charge in [-0.1, -0.05) is 0 Å². The average molecular weight is 342 g/mol. The van der Waals surface area contributed by atoms with Crippen LogP contribution in [0.15, 0.2) is 12.7 Å². The van der Waals surface area contributed by atoms with E-state index < -0.39 is 32.3 Å². The Morgan fingerprint density at radius 1 is 1.48 bits per heavy atom. The number of hydrogen-bond acceptors (Lipinski definition) is 9. The molecule has 0 aliphatic carbocycles. The second-order valence-corrected chi connectivity index (χ2v) is 7.14. The van der Waals surface area contributed by atoms with Gasteiger partial charge in [0.25, 0.3) is 0 Å². The number of ether oxygens (including phenoxy) is 1. The summed E-state index contributed by atoms with van der Waals surface area (Å²) < 4.78 is 30.0. The van der Waals surface area contributed by atoms with Crippen LogP contribution in [0.5, 0.6) is 0 Å². The van der Waals surface area contributed by atoms with E-state index >= 15 is 0 Å². The van der Waals surface area contributed by atoms with Crippen LogP contribution < -0.4 is 10.8 Å². The molecule has 1 unspecified atom stereocenters. The molecule has 0 spiro atoms. The Kier molecular flexibility index (Phi) is 3.38. The molecule has 0 amide bonds. The molecule has 0 bridgehead atoms. The number of anilines is 1. The summed E-state index contributed by atoms with van der Waals surface area (Å²) in [5.41, 5.74) is 6.60. The van der Waals surface area contributed by atoms with Crippen LogP contribution in [-0.4, -0.2) is 56.6 Å². The van der Waals surface area contributed by atoms with E-state index in [0.29, 0.717) is 11.2 Å². The molecule has 2 aromatic rings. The largest absolute Gasteiger partial charge is 0.405 e. The lowest BCUT2D eigenvalue weighted by Crippen LogP contribution is -2.40. The lowest BCUT2D eigenvalue weighted by atomic mass is 10.1. The van der Waals surface area contributed by atoms with Crippen molar-refractivity contribution in [3.8, 4) is 0 Å². The Hall–Kier alpha value is -1.62. The minimum absolute atomic E-state index is 0.0418. The normalized spacial score (nSPS) is 37.1. The van der Waals surface area contributed by atoms with E-state index in [1.807, 2.05) is 0 Å². The highest BCUT2D eigenvalue weighted by Gasteiger charge is 2.52. The highest BCUT2D eigenvalue weighted by atomic mass is 31.2. The number of aromatic nitrogens is 4. The summed E-state index contributed by atoms with van der Waals surface area (Å²) in [6, 6.07) is 0. The highest BCUT2D eigenvalue weighted by Crippen LogP contribution is 2.52. The molecular weight excluding hydrogens is 327 g/mol. The van der Waals surface area contributed by atoms with Crippen LogP contribution in [-0.2, 0) is 18.3 Å². The smallest absolute Gasteiger partial charge is 0.386 e. The van der Waals surface area contributed by atoms with Crippen molar-refractivity contribution in [1.82, 2.24) is 24.6 Å². The molecular formula is C11H15N6O5P. The van der Waals surface area contributed by atoms with Crippen LogP contribution in [0.3, 0.4) is 0 Å². The second-order valence-electron chi connectivity index (χ2n) is 5.23. The quantitative estimate of drug-likeness (QED) is 0.605. The highest BCUT2D eigenvalue weighted by molar-refractivity contribution is 7.51. The zero-order chi connectivity index (χ0) is 16.2. The van der Waals surface area contributed by atoms with Gasteiger partial charge >= 0.3 is 7.75 Å². The van der Waals surface area contributed by atoms with Crippen molar-refractivity contribution in [2.45, 2.75) is 24.5 Å². The first-order valence-electron chi connectivity index (χ1n) is 6.91. The van der Waals surface area contributed by atoms with E-state index in [1.54, 1.807) is 4.57 Å². The number of fused-ring (bicyclic) bond motifs is 2. The zero-order valence-electron chi connectivity index (χ0n) is 12.1. The maximum absolute atomic E-state index is 12.2. The number of nitrogens with two attached hydrogens (primary N) is 1. The lowest BCUT2D eigenvalue weighted by molar-refractivity contribution is -0.0593. The van der Waals surface area contributed by atoms with Gasteiger partial charge in [0, 0.05) is 0 Å². The van der Waals surface area contributed by atoms with Gasteiger partial charge in [-0.25, -0.2) is 24.6 Å². The monoisotopic (exact) mass is 342 g/mol. The predicted molar refractivity (Wildman–Crippen MR) is 77.1 cm³/mol. The van der Waals surface area contributed by atoms with Gasteiger partial charge in [-0.05, 0) is 7.05 Å². The molecule has 0 saturated carbocycles. The topological polar surface area (TPSA) is 147 Å². The van der Waals surface area contributed by atoms with Crippen molar-refractivity contribution in [3.63, 3.8) is 0 Å². The molecule has 12 heteroatoms. The van der Waals surface area contributed by atoms with Gasteiger partial charge in [0.2, 0.25) is 0 Å². The average Bonchev–Trinajstić information content (AvgIpc) is 3.10. The van der Waals surface area contributed by atoms with E-state index in [4.69, 9.17) is 19.5 Å². The number of imidazole rings is 1. The van der Waals surface area contributed by atoms with Gasteiger partial charge in [0.1, 0.15) is 30.2 Å². The summed E-state index contributed by atoms with van der Waals surface area (Å²) in [6.07, 6.45) is -0.459. The van der Waals surface area contributed by atoms with Crippen LogP contribution >= 0.6 is 7.75 Å². The van der Waals surface area contributed by atoms with Crippen molar-refractivity contribution in [1.29, 1.82) is 0 Å². The summed E-state index contributed by atoms with van der Waals surface area (Å²) >= 11 is 0. The van der Waals surface area contributed by atoms with Crippen molar-refractivity contribution >= 4 is 24.7 Å². The lowest BCUT2D eigenvalue weighted by Gasteiger charge is -2.30. The molecule has 0 radical (unpaired) electrons. The minimum atomic E-state index is -3.42. The fourth-order valence-corrected chi connectivity index (χ4v) is 3.97. The third-order valence-corrected chi connectivity index (χ3v) is 5.47. The van der Waals surface area contributed by atoms with E-state index in [1.165, 1.54) is 19.7 Å². The molecule has 23 heavy (non-hydrogen) atoms. The summed E-state index contributed by atoms with van der Waals surface area (Å²) in [7, 11) is -1.96. The molecule has 2 aliphatic rings. The van der Waals surface area contributed by atoms with Gasteiger partial charge in [-0.2, -0.15) is 0 Å². The van der Waals surface area contributed by atoms with Crippen molar-refractivity contribution in [2.75, 3.05) is 19.4 Å². The third-order valence-electron chi connectivity index (χ3n) is 3.91. The number of nitrogen functional groups attached to an aromatic ring is 1. The minimum Gasteiger partial charge on any atom is -0.386 e. The van der Waals surface area contributed by atoms with Crippen LogP contribution in [0.4, 0.5) is 5.82 Å². The van der Waals surface area contributed by atoms with Gasteiger partial charge in [-0.3, -0.25) is 13.6 Å². The Morgan fingerprint density at radius 3 is 3.09 bits per heavy atom. The number of nitrogens with zero attached hydrogens (tertiary/aromatic N) is 4. The van der Waals surface area contributed by atoms with E-state index in [0.717, 1.165) is 0 Å². The van der Waals surface area contributed by atoms with Crippen LogP contribution in [0, 0.1) is 0 Å². The Labute approximate surface area is 130 Å². The number of hydrogen-bond donors (Lipinski definition) is 3. The van der Waals surface area contributed by atoms with Crippen LogP contribution in [0.1, 0.15) is 6.23 Å². The number of rotatable bonds is 2. The molecule has 2 saturated heterocycles. The summed E-state index contributed by atoms with van der Waals surface area (Å²) in [5.74, 6) is 0.234. The molecule has 5 atom stereocenters. The van der Waals surface area contributed by atoms with Crippen molar-refractivity contribution < 1.29 is 23.5 Å². The van der Waals surface area contributed by atoms with Crippen LogP contribution in [0.25, 0.3) is 11.2 Å². The number of nitrogens with one attached hydrogen (secondary N) is 1. The first kappa shape index (κ1) is 14.9. The molecule has 4 N–H and O–H groups in total. The first-order valence-corrected chi connectivity index (χ1v) is 8.45. The molecule has 2 aromatic heterocycles. The fourth-order valence-electron chi connectivity index (χ4n) is 2.75. The van der Waals surface area contributed by atoms with Gasteiger partial charge in [0.05, 0.1) is 12.9 Å². The van der Waals surface area contributed by atoms with Crippen molar-refractivity contribution in [3.05, 3.63) is 12.7 Å². The summed E-state index contributed by atoms with van der Waals surface area (Å²) in [6.45, 7) is 0.0418. The van der Waals surface area contributed by atoms with Crippen molar-refractivity contribution in [2.24, 2.45) is 0 Å². The van der Waals surface area contributed by atoms with Gasteiger partial charge in [0.15, 0.2) is 17.7 Å². The van der Waals surface area contributed by atoms with E-state index in [2.05, 4.69) is 20.0 Å². The standard InChI is InChI=1S/C11H15N6O5P/c1-13-23(19)20-2-5-8(22-23)7(18)11(21-5)17-4-16-6-9(12)14-3-15-10(6)17/h3-5,7-8,11,18H,2H2,1H3,(H,13,19)(H2,12,14,15)/t5-,7-,8-,11-,23?/m1/s1. The summed E-state index contributed by atoms with van der Waals surface area (Å²) in [4.78, 5) is 12.1. The zero-order valence-corrected chi connectivity index (χ0v) is 13.0. The first-order chi connectivity index (χ1) is 11.0. The Bertz CT molecular complexity index is 798. The number of aliphatic hydroxyl groups excluding tert-OH is 1. The van der Waals surface area contributed by atoms with E-state index in [9.17, 15) is 9.67 Å². The SMILES string of the molecule is CNP1(=O)OC[C@H]2O[C@@H](n3cnc4c(N)ncnc43)[C@H](O)[C@@H]2O1. The van der Waals surface area contributed by atoms with Crippen LogP contribution in [0.2, 0.25) is 0 Å². The van der Waals surface area contributed by atoms with Gasteiger partial charge < -0.3 is 15.6 Å². The maximum atomic E-state index is 12.2. The van der Waals surface area contributed by atoms with E-state index in [-0.39, 0.29) is 12.4 Å². The molecule has 2 aliphatic heterocycles. The summed E-state index contributed by atoms with van der Waals surface area (Å²) in [5, 5.41) is 13.0. The Balaban J connectivity index is 1.68. The molecule has 4 heterocycles.